The van der Waals surface area contributed by atoms with Crippen LogP contribution in [0.1, 0.15) is 33.3 Å². The van der Waals surface area contributed by atoms with Crippen molar-refractivity contribution in [2.24, 2.45) is 23.3 Å². The molecule has 0 amide bonds. The van der Waals surface area contributed by atoms with Gasteiger partial charge in [0.25, 0.3) is 0 Å². The van der Waals surface area contributed by atoms with Gasteiger partial charge in [-0.05, 0) is 30.4 Å². The first-order valence-corrected chi connectivity index (χ1v) is 6.47. The van der Waals surface area contributed by atoms with Gasteiger partial charge >= 0.3 is 0 Å². The second kappa shape index (κ2) is 9.20. The van der Waals surface area contributed by atoms with Crippen LogP contribution in [0.4, 0.5) is 0 Å². The monoisotopic (exact) mass is 236 g/mol. The average Bonchev–Trinajstić information content (AvgIpc) is 2.31. The fourth-order valence-electron chi connectivity index (χ4n) is 1.12. The van der Waals surface area contributed by atoms with Crippen molar-refractivity contribution in [3.05, 3.63) is 35.9 Å². The Morgan fingerprint density at radius 3 is 1.82 bits per heavy atom. The van der Waals surface area contributed by atoms with E-state index in [1.807, 2.05) is 6.07 Å². The zero-order valence-electron chi connectivity index (χ0n) is 11.7. The third-order valence-electron chi connectivity index (χ3n) is 2.64. The maximum Gasteiger partial charge on any atom is 0.0102 e. The van der Waals surface area contributed by atoms with E-state index in [0.29, 0.717) is 11.8 Å². The zero-order valence-corrected chi connectivity index (χ0v) is 11.7. The van der Waals surface area contributed by atoms with Crippen molar-refractivity contribution >= 4 is 0 Å². The van der Waals surface area contributed by atoms with Gasteiger partial charge in [-0.25, -0.2) is 0 Å². The van der Waals surface area contributed by atoms with Crippen molar-refractivity contribution in [2.45, 2.75) is 40.2 Å². The van der Waals surface area contributed by atoms with Crippen molar-refractivity contribution in [1.29, 1.82) is 0 Å². The lowest BCUT2D eigenvalue weighted by molar-refractivity contribution is 0.490. The van der Waals surface area contributed by atoms with Crippen molar-refractivity contribution in [3.63, 3.8) is 0 Å². The lowest BCUT2D eigenvalue weighted by Crippen LogP contribution is -2.28. The lowest BCUT2D eigenvalue weighted by atomic mass is 9.98. The van der Waals surface area contributed by atoms with E-state index >= 15 is 0 Å². The molecule has 0 radical (unpaired) electrons. The Hall–Kier alpha value is -0.860. The molecule has 0 bridgehead atoms. The predicted molar refractivity (Wildman–Crippen MR) is 76.9 cm³/mol. The Morgan fingerprint density at radius 2 is 1.47 bits per heavy atom. The van der Waals surface area contributed by atoms with Crippen LogP contribution < -0.4 is 11.5 Å². The summed E-state index contributed by atoms with van der Waals surface area (Å²) in [5, 5.41) is 0. The quantitative estimate of drug-likeness (QED) is 0.844. The summed E-state index contributed by atoms with van der Waals surface area (Å²) in [6.45, 7) is 9.32. The first-order chi connectivity index (χ1) is 7.97. The molecule has 0 saturated carbocycles. The van der Waals surface area contributed by atoms with Gasteiger partial charge in [0.15, 0.2) is 0 Å². The van der Waals surface area contributed by atoms with E-state index in [0.717, 1.165) is 13.0 Å². The summed E-state index contributed by atoms with van der Waals surface area (Å²) in [6.07, 6.45) is 0.985. The maximum absolute atomic E-state index is 5.95. The Balaban J connectivity index is 0.000000437. The number of hydrogen-bond acceptors (Lipinski definition) is 2. The Bertz CT molecular complexity index is 268. The van der Waals surface area contributed by atoms with Crippen molar-refractivity contribution < 1.29 is 0 Å². The molecular weight excluding hydrogens is 208 g/mol. The van der Waals surface area contributed by atoms with Crippen LogP contribution in [0, 0.1) is 11.8 Å². The van der Waals surface area contributed by atoms with Gasteiger partial charge in [0.1, 0.15) is 0 Å². The molecule has 4 N–H and O–H groups in total. The number of benzene rings is 1. The molecule has 0 aliphatic carbocycles. The van der Waals surface area contributed by atoms with Crippen LogP contribution in [0.3, 0.4) is 0 Å². The third kappa shape index (κ3) is 8.90. The number of nitrogens with two attached hydrogens (primary N) is 2. The molecular formula is C15H28N2. The van der Waals surface area contributed by atoms with E-state index in [-0.39, 0.29) is 6.04 Å². The fourth-order valence-corrected chi connectivity index (χ4v) is 1.12. The SMILES string of the molecule is CC(C)C(N)Cc1ccccc1.CC(C)CN. The minimum Gasteiger partial charge on any atom is -0.330 e. The highest BCUT2D eigenvalue weighted by atomic mass is 14.6. The van der Waals surface area contributed by atoms with Crippen molar-refractivity contribution in [1.82, 2.24) is 0 Å². The van der Waals surface area contributed by atoms with Gasteiger partial charge < -0.3 is 11.5 Å². The van der Waals surface area contributed by atoms with E-state index in [4.69, 9.17) is 11.5 Å². The molecule has 0 saturated heterocycles. The highest BCUT2D eigenvalue weighted by Crippen LogP contribution is 2.07. The largest absolute Gasteiger partial charge is 0.330 e. The highest BCUT2D eigenvalue weighted by molar-refractivity contribution is 5.15. The summed E-state index contributed by atoms with van der Waals surface area (Å²) in [6, 6.07) is 10.7. The van der Waals surface area contributed by atoms with Crippen LogP contribution >= 0.6 is 0 Å². The Labute approximate surface area is 106 Å². The molecule has 1 atom stereocenters. The molecule has 0 spiro atoms. The Kier molecular flexibility index (Phi) is 8.73. The van der Waals surface area contributed by atoms with E-state index in [1.165, 1.54) is 5.56 Å². The van der Waals surface area contributed by atoms with Gasteiger partial charge in [0.2, 0.25) is 0 Å². The summed E-state index contributed by atoms with van der Waals surface area (Å²) >= 11 is 0. The first-order valence-electron chi connectivity index (χ1n) is 6.47. The van der Waals surface area contributed by atoms with Gasteiger partial charge in [-0.2, -0.15) is 0 Å². The lowest BCUT2D eigenvalue weighted by Gasteiger charge is -2.14. The molecule has 1 aromatic carbocycles. The third-order valence-corrected chi connectivity index (χ3v) is 2.64. The van der Waals surface area contributed by atoms with Gasteiger partial charge in [0.05, 0.1) is 0 Å². The predicted octanol–water partition coefficient (Wildman–Crippen LogP) is 2.81. The molecule has 1 unspecified atom stereocenters. The molecule has 0 fully saturated rings. The summed E-state index contributed by atoms with van der Waals surface area (Å²) in [5.74, 6) is 1.22. The smallest absolute Gasteiger partial charge is 0.0102 e. The van der Waals surface area contributed by atoms with E-state index in [2.05, 4.69) is 52.0 Å². The highest BCUT2D eigenvalue weighted by Gasteiger charge is 2.07. The number of hydrogen-bond donors (Lipinski definition) is 2. The minimum absolute atomic E-state index is 0.285. The van der Waals surface area contributed by atoms with E-state index in [1.54, 1.807) is 0 Å². The minimum atomic E-state index is 0.285. The molecule has 2 nitrogen and oxygen atoms in total. The van der Waals surface area contributed by atoms with Crippen LogP contribution in [-0.2, 0) is 6.42 Å². The topological polar surface area (TPSA) is 52.0 Å². The maximum atomic E-state index is 5.95. The van der Waals surface area contributed by atoms with Gasteiger partial charge in [-0.1, -0.05) is 58.0 Å². The zero-order chi connectivity index (χ0) is 13.3. The average molecular weight is 236 g/mol. The molecule has 0 aliphatic heterocycles. The van der Waals surface area contributed by atoms with Gasteiger partial charge in [-0.3, -0.25) is 0 Å². The van der Waals surface area contributed by atoms with Crippen LogP contribution in [0.15, 0.2) is 30.3 Å². The standard InChI is InChI=1S/C11H17N.C4H11N/c1-9(2)11(12)8-10-6-4-3-5-7-10;1-4(2)3-5/h3-7,9,11H,8,12H2,1-2H3;4H,3,5H2,1-2H3. The molecule has 0 aliphatic rings. The molecule has 0 heterocycles. The van der Waals surface area contributed by atoms with Crippen molar-refractivity contribution in [3.8, 4) is 0 Å². The van der Waals surface area contributed by atoms with Crippen LogP contribution in [-0.4, -0.2) is 12.6 Å². The van der Waals surface area contributed by atoms with Gasteiger partial charge in [0, 0.05) is 6.04 Å². The molecule has 1 rings (SSSR count). The van der Waals surface area contributed by atoms with Gasteiger partial charge in [-0.15, -0.1) is 0 Å². The fraction of sp³-hybridized carbons (Fsp3) is 0.600. The van der Waals surface area contributed by atoms with Crippen molar-refractivity contribution in [2.75, 3.05) is 6.54 Å². The summed E-state index contributed by atoms with van der Waals surface area (Å²) in [4.78, 5) is 0. The second-order valence-electron chi connectivity index (χ2n) is 5.23. The Morgan fingerprint density at radius 1 is 1.00 bits per heavy atom. The normalized spacial score (nSPS) is 12.2. The van der Waals surface area contributed by atoms with E-state index in [9.17, 15) is 0 Å². The molecule has 2 heteroatoms. The second-order valence-corrected chi connectivity index (χ2v) is 5.23. The number of rotatable bonds is 4. The molecule has 0 aromatic heterocycles. The van der Waals surface area contributed by atoms with Crippen LogP contribution in [0.25, 0.3) is 0 Å². The first kappa shape index (κ1) is 16.1. The molecule has 1 aromatic rings. The summed E-state index contributed by atoms with van der Waals surface area (Å²) in [5.41, 5.74) is 12.5. The molecule has 98 valence electrons. The summed E-state index contributed by atoms with van der Waals surface area (Å²) in [7, 11) is 0. The summed E-state index contributed by atoms with van der Waals surface area (Å²) < 4.78 is 0. The van der Waals surface area contributed by atoms with Crippen LogP contribution in [0.5, 0.6) is 0 Å². The van der Waals surface area contributed by atoms with Crippen LogP contribution in [0.2, 0.25) is 0 Å². The van der Waals surface area contributed by atoms with E-state index < -0.39 is 0 Å². The molecule has 17 heavy (non-hydrogen) atoms.